The van der Waals surface area contributed by atoms with Gasteiger partial charge in [0.15, 0.2) is 0 Å². The molecule has 200 valence electrons. The zero-order chi connectivity index (χ0) is 26.8. The maximum absolute atomic E-state index is 9.39. The summed E-state index contributed by atoms with van der Waals surface area (Å²) in [5, 5.41) is 7.43. The first kappa shape index (κ1) is 28.7. The number of halogens is 1. The third-order valence-electron chi connectivity index (χ3n) is 6.39. The number of rotatable bonds is 4. The Balaban J connectivity index is 0.000000241. The van der Waals surface area contributed by atoms with Crippen LogP contribution in [0, 0.1) is 0 Å². The second-order valence-electron chi connectivity index (χ2n) is 9.59. The van der Waals surface area contributed by atoms with Crippen molar-refractivity contribution in [3.05, 3.63) is 82.6 Å². The van der Waals surface area contributed by atoms with Crippen molar-refractivity contribution < 1.29 is 9.53 Å². The first-order chi connectivity index (χ1) is 17.8. The molecule has 1 aromatic heterocycles. The van der Waals surface area contributed by atoms with Gasteiger partial charge in [0, 0.05) is 38.2 Å². The topological polar surface area (TPSA) is 97.4 Å². The molecule has 1 fully saturated rings. The predicted octanol–water partition coefficient (Wildman–Crippen LogP) is 3.21. The zero-order valence-electron chi connectivity index (χ0n) is 22.2. The van der Waals surface area contributed by atoms with Crippen LogP contribution >= 0.6 is 11.6 Å². The van der Waals surface area contributed by atoms with Gasteiger partial charge >= 0.3 is 0 Å². The average molecular weight is 527 g/mol. The molecular formula is C28H39ClN6O2. The van der Waals surface area contributed by atoms with E-state index in [-0.39, 0.29) is 18.2 Å². The predicted molar refractivity (Wildman–Crippen MR) is 150 cm³/mol. The van der Waals surface area contributed by atoms with Crippen LogP contribution in [0.3, 0.4) is 0 Å². The quantitative estimate of drug-likeness (QED) is 0.526. The molecule has 4 N–H and O–H groups in total. The van der Waals surface area contributed by atoms with Crippen LogP contribution in [0.5, 0.6) is 0 Å². The molecule has 3 aliphatic rings. The van der Waals surface area contributed by atoms with Crippen molar-refractivity contribution in [3.63, 3.8) is 0 Å². The molecule has 9 heteroatoms. The molecule has 2 atom stereocenters. The summed E-state index contributed by atoms with van der Waals surface area (Å²) in [6.45, 7) is 8.79. The van der Waals surface area contributed by atoms with Crippen molar-refractivity contribution in [2.75, 3.05) is 33.2 Å². The first-order valence-corrected chi connectivity index (χ1v) is 13.0. The van der Waals surface area contributed by atoms with E-state index in [4.69, 9.17) is 17.3 Å². The van der Waals surface area contributed by atoms with Gasteiger partial charge in [-0.05, 0) is 74.0 Å². The molecule has 8 nitrogen and oxygen atoms in total. The van der Waals surface area contributed by atoms with Gasteiger partial charge in [-0.25, -0.2) is 4.98 Å². The van der Waals surface area contributed by atoms with Gasteiger partial charge in [0.25, 0.3) is 6.47 Å². The standard InChI is InChI=1S/C19H19ClN4.C5H12N2.C4H8O2/c1-24-11-22-10-18(24)19(21)16-7-13-3-2-6-23-17(13)8-12-4-5-14(20)9-15(12)16;1-7-4-2-6-3-5-7;1-4(2)6-3-5/h2-7,9-11,17,19,23H,8,21H2,1H3;6H,2-5H2,1H3;3-4H,1-2H3. The Kier molecular flexibility index (Phi) is 11.0. The number of aromatic nitrogens is 2. The maximum Gasteiger partial charge on any atom is 0.293 e. The molecule has 1 aromatic carbocycles. The lowest BCUT2D eigenvalue weighted by Gasteiger charge is -2.21. The number of ether oxygens (including phenoxy) is 1. The van der Waals surface area contributed by atoms with Crippen LogP contribution in [0.15, 0.2) is 60.7 Å². The van der Waals surface area contributed by atoms with E-state index in [9.17, 15) is 4.79 Å². The number of benzene rings is 1. The summed E-state index contributed by atoms with van der Waals surface area (Å²) in [5.74, 6) is 0. The van der Waals surface area contributed by atoms with Gasteiger partial charge in [-0.1, -0.05) is 29.8 Å². The SMILES string of the molecule is CC(C)OC=O.CN1CCNCC1.Cn1cncc1C(N)C1=CC2=CC=CNC2Cc2ccc(Cl)cc21. The van der Waals surface area contributed by atoms with Crippen molar-refractivity contribution in [2.45, 2.75) is 38.5 Å². The van der Waals surface area contributed by atoms with E-state index >= 15 is 0 Å². The first-order valence-electron chi connectivity index (χ1n) is 12.6. The Morgan fingerprint density at radius 3 is 2.57 bits per heavy atom. The Labute approximate surface area is 225 Å². The molecule has 0 spiro atoms. The number of carbonyl (C=O) groups is 1. The highest BCUT2D eigenvalue weighted by atomic mass is 35.5. The van der Waals surface area contributed by atoms with Gasteiger partial charge in [0.2, 0.25) is 0 Å². The molecule has 2 unspecified atom stereocenters. The number of allylic oxidation sites excluding steroid dienone is 2. The summed E-state index contributed by atoms with van der Waals surface area (Å²) in [4.78, 5) is 15.9. The van der Waals surface area contributed by atoms with Crippen LogP contribution in [-0.2, 0) is 23.0 Å². The summed E-state index contributed by atoms with van der Waals surface area (Å²) in [6.07, 6.45) is 12.9. The number of fused-ring (bicyclic) bond motifs is 2. The van der Waals surface area contributed by atoms with Gasteiger partial charge < -0.3 is 30.6 Å². The number of hydrogen-bond donors (Lipinski definition) is 3. The number of hydrogen-bond acceptors (Lipinski definition) is 7. The summed E-state index contributed by atoms with van der Waals surface area (Å²) in [7, 11) is 4.12. The van der Waals surface area contributed by atoms with Crippen LogP contribution in [-0.4, -0.2) is 66.3 Å². The van der Waals surface area contributed by atoms with Gasteiger partial charge in [0.1, 0.15) is 0 Å². The number of nitrogens with one attached hydrogen (secondary N) is 2. The third-order valence-corrected chi connectivity index (χ3v) is 6.62. The molecule has 5 rings (SSSR count). The monoisotopic (exact) mass is 526 g/mol. The molecule has 2 aliphatic heterocycles. The molecule has 0 amide bonds. The Bertz CT molecular complexity index is 1120. The van der Waals surface area contributed by atoms with Crippen molar-refractivity contribution in [1.29, 1.82) is 0 Å². The number of nitrogens with two attached hydrogens (primary N) is 1. The van der Waals surface area contributed by atoms with Crippen molar-refractivity contribution in [2.24, 2.45) is 12.8 Å². The largest absolute Gasteiger partial charge is 0.465 e. The lowest BCUT2D eigenvalue weighted by molar-refractivity contribution is -0.131. The van der Waals surface area contributed by atoms with Crippen LogP contribution in [0.25, 0.3) is 5.57 Å². The summed E-state index contributed by atoms with van der Waals surface area (Å²) >= 11 is 6.28. The highest BCUT2D eigenvalue weighted by Crippen LogP contribution is 2.37. The molecule has 3 heterocycles. The van der Waals surface area contributed by atoms with Gasteiger partial charge in [0.05, 0.1) is 36.4 Å². The Morgan fingerprint density at radius 1 is 1.24 bits per heavy atom. The molecule has 1 saturated heterocycles. The van der Waals surface area contributed by atoms with E-state index in [1.165, 1.54) is 24.2 Å². The van der Waals surface area contributed by atoms with Crippen molar-refractivity contribution in [3.8, 4) is 0 Å². The number of likely N-dealkylation sites (N-methyl/N-ethyl adjacent to an activating group) is 1. The molecule has 2 aromatic rings. The van der Waals surface area contributed by atoms with Crippen LogP contribution < -0.4 is 16.4 Å². The number of dihydropyridines is 1. The Hall–Kier alpha value is -2.91. The summed E-state index contributed by atoms with van der Waals surface area (Å²) in [6, 6.07) is 6.06. The van der Waals surface area contributed by atoms with Crippen LogP contribution in [0.4, 0.5) is 0 Å². The van der Waals surface area contributed by atoms with Crippen LogP contribution in [0.2, 0.25) is 5.02 Å². The summed E-state index contributed by atoms with van der Waals surface area (Å²) < 4.78 is 6.32. The highest BCUT2D eigenvalue weighted by Gasteiger charge is 2.26. The minimum Gasteiger partial charge on any atom is -0.465 e. The number of carbonyl (C=O) groups excluding carboxylic acids is 1. The van der Waals surface area contributed by atoms with Gasteiger partial charge in [-0.15, -0.1) is 0 Å². The van der Waals surface area contributed by atoms with E-state index < -0.39 is 0 Å². The van der Waals surface area contributed by atoms with Crippen LogP contribution in [0.1, 0.15) is 36.7 Å². The number of piperazine rings is 1. The van der Waals surface area contributed by atoms with E-state index in [1.54, 1.807) is 20.2 Å². The maximum atomic E-state index is 9.39. The van der Waals surface area contributed by atoms with Gasteiger partial charge in [-0.2, -0.15) is 0 Å². The van der Waals surface area contributed by atoms with E-state index in [0.717, 1.165) is 41.4 Å². The highest BCUT2D eigenvalue weighted by molar-refractivity contribution is 6.30. The molecule has 0 saturated carbocycles. The van der Waals surface area contributed by atoms with E-state index in [1.807, 2.05) is 42.2 Å². The fraction of sp³-hybridized carbons (Fsp3) is 0.429. The Morgan fingerprint density at radius 2 is 2.00 bits per heavy atom. The lowest BCUT2D eigenvalue weighted by Crippen LogP contribution is -2.40. The fourth-order valence-electron chi connectivity index (χ4n) is 4.31. The smallest absolute Gasteiger partial charge is 0.293 e. The summed E-state index contributed by atoms with van der Waals surface area (Å²) in [5.41, 5.74) is 12.3. The lowest BCUT2D eigenvalue weighted by atomic mass is 9.93. The minimum atomic E-state index is -0.264. The third kappa shape index (κ3) is 8.30. The second kappa shape index (κ2) is 14.1. The molecule has 37 heavy (non-hydrogen) atoms. The molecular weight excluding hydrogens is 488 g/mol. The van der Waals surface area contributed by atoms with Crippen molar-refractivity contribution >= 4 is 23.6 Å². The zero-order valence-corrected chi connectivity index (χ0v) is 22.9. The fourth-order valence-corrected chi connectivity index (χ4v) is 4.49. The van der Waals surface area contributed by atoms with Gasteiger partial charge in [-0.3, -0.25) is 4.79 Å². The number of nitrogens with zero attached hydrogens (tertiary/aromatic N) is 3. The van der Waals surface area contributed by atoms with E-state index in [0.29, 0.717) is 6.47 Å². The normalized spacial score (nSPS) is 19.3. The number of aryl methyl sites for hydroxylation is 1. The average Bonchev–Trinajstić information content (AvgIpc) is 3.23. The van der Waals surface area contributed by atoms with E-state index in [2.05, 4.69) is 50.5 Å². The number of imidazole rings is 1. The van der Waals surface area contributed by atoms with Crippen molar-refractivity contribution in [1.82, 2.24) is 25.1 Å². The molecule has 0 bridgehead atoms. The minimum absolute atomic E-state index is 0.0301. The molecule has 1 aliphatic carbocycles. The second-order valence-corrected chi connectivity index (χ2v) is 10.0. The molecule has 0 radical (unpaired) electrons.